The smallest absolute Gasteiger partial charge is 0.384 e. The fraction of sp³-hybridized carbons (Fsp3) is 0.750. The molecular formula is C12H10F12O2. The van der Waals surface area contributed by atoms with Crippen LogP contribution >= 0.6 is 0 Å². The van der Waals surface area contributed by atoms with Gasteiger partial charge in [-0.3, -0.25) is 0 Å². The van der Waals surface area contributed by atoms with Gasteiger partial charge in [0, 0.05) is 12.5 Å². The highest BCUT2D eigenvalue weighted by molar-refractivity contribution is 5.86. The van der Waals surface area contributed by atoms with E-state index in [2.05, 4.69) is 11.3 Å². The number of ether oxygens (including phenoxy) is 1. The van der Waals surface area contributed by atoms with E-state index in [1.54, 1.807) is 0 Å². The fourth-order valence-corrected chi connectivity index (χ4v) is 1.27. The zero-order valence-electron chi connectivity index (χ0n) is 12.8. The number of halogens is 12. The standard InChI is InChI=1S/C12H10F12O2/c1-5(2)6(25)26-4-8(15,16)10(19,20)12(23,24)11(21,22)9(17,18)7(3,13)14/h1,4H2,2-3H3. The van der Waals surface area contributed by atoms with Gasteiger partial charge >= 0.3 is 41.5 Å². The van der Waals surface area contributed by atoms with Crippen LogP contribution in [0.2, 0.25) is 0 Å². The normalized spacial score (nSPS) is 15.0. The molecule has 0 aliphatic rings. The zero-order valence-corrected chi connectivity index (χ0v) is 12.8. The molecule has 0 aromatic carbocycles. The summed E-state index contributed by atoms with van der Waals surface area (Å²) in [7, 11) is 0. The minimum atomic E-state index is -7.66. The number of carbonyl (C=O) groups is 1. The van der Waals surface area contributed by atoms with Gasteiger partial charge in [0.1, 0.15) is 0 Å². The van der Waals surface area contributed by atoms with E-state index in [1.807, 2.05) is 0 Å². The highest BCUT2D eigenvalue weighted by atomic mass is 19.4. The number of carbonyl (C=O) groups excluding carboxylic acids is 1. The molecule has 0 aliphatic carbocycles. The molecule has 2 nitrogen and oxygen atoms in total. The molecule has 0 rings (SSSR count). The Morgan fingerprint density at radius 1 is 0.769 bits per heavy atom. The SMILES string of the molecule is C=C(C)C(=O)OCC(F)(F)C(F)(F)C(F)(F)C(F)(F)C(F)(F)C(C)(F)F. The van der Waals surface area contributed by atoms with Gasteiger partial charge in [-0.25, -0.2) is 4.79 Å². The molecule has 0 spiro atoms. The van der Waals surface area contributed by atoms with Gasteiger partial charge in [0.25, 0.3) is 0 Å². The van der Waals surface area contributed by atoms with Gasteiger partial charge in [-0.1, -0.05) is 6.58 Å². The van der Waals surface area contributed by atoms with Crippen molar-refractivity contribution in [2.45, 2.75) is 49.4 Å². The summed E-state index contributed by atoms with van der Waals surface area (Å²) in [6, 6.07) is 0. The van der Waals surface area contributed by atoms with Crippen molar-refractivity contribution in [1.29, 1.82) is 0 Å². The van der Waals surface area contributed by atoms with Crippen molar-refractivity contribution in [3.63, 3.8) is 0 Å². The van der Waals surface area contributed by atoms with Crippen molar-refractivity contribution in [2.24, 2.45) is 0 Å². The number of hydrogen-bond acceptors (Lipinski definition) is 2. The Morgan fingerprint density at radius 2 is 1.12 bits per heavy atom. The fourth-order valence-electron chi connectivity index (χ4n) is 1.27. The second kappa shape index (κ2) is 6.51. The Bertz CT molecular complexity index is 561. The van der Waals surface area contributed by atoms with Crippen LogP contribution in [-0.2, 0) is 9.53 Å². The molecule has 0 atom stereocenters. The lowest BCUT2D eigenvalue weighted by atomic mass is 9.92. The van der Waals surface area contributed by atoms with Crippen LogP contribution in [0.25, 0.3) is 0 Å². The quantitative estimate of drug-likeness (QED) is 0.320. The third-order valence-corrected chi connectivity index (χ3v) is 2.93. The maximum Gasteiger partial charge on any atom is 0.384 e. The van der Waals surface area contributed by atoms with Crippen LogP contribution in [0.5, 0.6) is 0 Å². The van der Waals surface area contributed by atoms with Gasteiger partial charge in [-0.15, -0.1) is 0 Å². The molecule has 14 heteroatoms. The molecule has 0 amide bonds. The molecule has 0 saturated carbocycles. The summed E-state index contributed by atoms with van der Waals surface area (Å²) in [4.78, 5) is 10.8. The number of rotatable bonds is 8. The average Bonchev–Trinajstić information content (AvgIpc) is 2.42. The molecule has 0 heterocycles. The minimum Gasteiger partial charge on any atom is -0.456 e. The first kappa shape index (κ1) is 24.4. The van der Waals surface area contributed by atoms with Crippen LogP contribution in [0.15, 0.2) is 12.2 Å². The van der Waals surface area contributed by atoms with E-state index < -0.39 is 60.6 Å². The predicted octanol–water partition coefficient (Wildman–Crippen LogP) is 4.94. The van der Waals surface area contributed by atoms with E-state index in [0.29, 0.717) is 0 Å². The van der Waals surface area contributed by atoms with Crippen LogP contribution in [0.3, 0.4) is 0 Å². The molecular weight excluding hydrogens is 404 g/mol. The van der Waals surface area contributed by atoms with Crippen LogP contribution < -0.4 is 0 Å². The lowest BCUT2D eigenvalue weighted by Gasteiger charge is -2.40. The lowest BCUT2D eigenvalue weighted by molar-refractivity contribution is -0.424. The molecule has 0 fully saturated rings. The number of hydrogen-bond donors (Lipinski definition) is 0. The Kier molecular flexibility index (Phi) is 6.11. The molecule has 0 N–H and O–H groups in total. The monoisotopic (exact) mass is 414 g/mol. The molecule has 0 aromatic heterocycles. The van der Waals surface area contributed by atoms with Crippen molar-refractivity contribution in [1.82, 2.24) is 0 Å². The van der Waals surface area contributed by atoms with Gasteiger partial charge in [-0.2, -0.15) is 52.7 Å². The predicted molar refractivity (Wildman–Crippen MR) is 61.1 cm³/mol. The summed E-state index contributed by atoms with van der Waals surface area (Å²) in [5, 5.41) is 0. The third-order valence-electron chi connectivity index (χ3n) is 2.93. The first-order valence-corrected chi connectivity index (χ1v) is 6.17. The summed E-state index contributed by atoms with van der Waals surface area (Å²) in [5.41, 5.74) is -0.682. The van der Waals surface area contributed by atoms with Gasteiger partial charge in [0.15, 0.2) is 6.61 Å². The van der Waals surface area contributed by atoms with Gasteiger partial charge in [-0.05, 0) is 6.92 Å². The molecule has 26 heavy (non-hydrogen) atoms. The van der Waals surface area contributed by atoms with Crippen molar-refractivity contribution >= 4 is 5.97 Å². The summed E-state index contributed by atoms with van der Waals surface area (Å²) in [6.07, 6.45) is 0. The highest BCUT2D eigenvalue weighted by Gasteiger charge is 2.89. The van der Waals surface area contributed by atoms with E-state index in [4.69, 9.17) is 0 Å². The zero-order chi connectivity index (χ0) is 21.6. The van der Waals surface area contributed by atoms with E-state index in [-0.39, 0.29) is 0 Å². The van der Waals surface area contributed by atoms with Gasteiger partial charge in [0.05, 0.1) is 0 Å². The summed E-state index contributed by atoms with van der Waals surface area (Å²) >= 11 is 0. The Morgan fingerprint density at radius 3 is 1.42 bits per heavy atom. The van der Waals surface area contributed by atoms with Crippen molar-refractivity contribution in [2.75, 3.05) is 6.61 Å². The molecule has 154 valence electrons. The Balaban J connectivity index is 6.00. The Hall–Kier alpha value is -1.63. The first-order valence-electron chi connectivity index (χ1n) is 6.17. The van der Waals surface area contributed by atoms with Crippen LogP contribution in [-0.4, -0.2) is 48.1 Å². The van der Waals surface area contributed by atoms with Gasteiger partial charge < -0.3 is 4.74 Å². The van der Waals surface area contributed by atoms with Crippen LogP contribution in [0.1, 0.15) is 13.8 Å². The Labute approximate surface area is 137 Å². The maximum atomic E-state index is 13.3. The van der Waals surface area contributed by atoms with E-state index >= 15 is 0 Å². The molecule has 0 radical (unpaired) electrons. The molecule has 0 aromatic rings. The van der Waals surface area contributed by atoms with Crippen molar-refractivity contribution in [3.05, 3.63) is 12.2 Å². The minimum absolute atomic E-state index is 0.682. The molecule has 0 unspecified atom stereocenters. The maximum absolute atomic E-state index is 13.3. The highest BCUT2D eigenvalue weighted by Crippen LogP contribution is 2.59. The molecule has 0 bridgehead atoms. The first-order chi connectivity index (χ1) is 11.1. The molecule has 0 saturated heterocycles. The van der Waals surface area contributed by atoms with E-state index in [0.717, 1.165) is 6.92 Å². The lowest BCUT2D eigenvalue weighted by Crippen LogP contribution is -2.70. The molecule has 0 aliphatic heterocycles. The third kappa shape index (κ3) is 3.59. The summed E-state index contributed by atoms with van der Waals surface area (Å²) in [6.45, 7) is -0.319. The average molecular weight is 414 g/mol. The van der Waals surface area contributed by atoms with Crippen LogP contribution in [0, 0.1) is 0 Å². The topological polar surface area (TPSA) is 26.3 Å². The van der Waals surface area contributed by atoms with E-state index in [1.165, 1.54) is 0 Å². The number of esters is 1. The summed E-state index contributed by atoms with van der Waals surface area (Å²) < 4.78 is 160. The second-order valence-electron chi connectivity index (χ2n) is 5.25. The largest absolute Gasteiger partial charge is 0.456 e. The van der Waals surface area contributed by atoms with Crippen molar-refractivity contribution < 1.29 is 62.2 Å². The van der Waals surface area contributed by atoms with Gasteiger partial charge in [0.2, 0.25) is 0 Å². The van der Waals surface area contributed by atoms with E-state index in [9.17, 15) is 57.5 Å². The number of alkyl halides is 12. The second-order valence-corrected chi connectivity index (χ2v) is 5.25. The summed E-state index contributed by atoms with van der Waals surface area (Å²) in [5.74, 6) is -43.8. The van der Waals surface area contributed by atoms with Crippen molar-refractivity contribution in [3.8, 4) is 0 Å². The van der Waals surface area contributed by atoms with Crippen LogP contribution in [0.4, 0.5) is 52.7 Å².